The number of aliphatic hydroxyl groups is 1. The molecular weight excluding hydrogens is 314 g/mol. The highest BCUT2D eigenvalue weighted by molar-refractivity contribution is 9.10. The molecule has 0 radical (unpaired) electrons. The van der Waals surface area contributed by atoms with E-state index in [1.807, 2.05) is 42.5 Å². The largest absolute Gasteiger partial charge is 0.387 e. The molecule has 3 N–H and O–H groups in total. The van der Waals surface area contributed by atoms with Gasteiger partial charge in [0, 0.05) is 21.6 Å². The standard InChI is InChI=1S/C14H13BrClNO/c15-12-3-1-2-11(13(18)8-17)14(12)9-4-6-10(16)7-5-9/h1-7,13,18H,8,17H2. The Morgan fingerprint density at radius 3 is 2.44 bits per heavy atom. The Balaban J connectivity index is 2.58. The highest BCUT2D eigenvalue weighted by Gasteiger charge is 2.14. The maximum Gasteiger partial charge on any atom is 0.0918 e. The van der Waals surface area contributed by atoms with Gasteiger partial charge in [-0.3, -0.25) is 0 Å². The van der Waals surface area contributed by atoms with E-state index in [2.05, 4.69) is 15.9 Å². The Morgan fingerprint density at radius 2 is 1.83 bits per heavy atom. The molecule has 2 rings (SSSR count). The van der Waals surface area contributed by atoms with E-state index in [0.29, 0.717) is 5.02 Å². The normalized spacial score (nSPS) is 12.4. The van der Waals surface area contributed by atoms with Crippen molar-refractivity contribution in [3.63, 3.8) is 0 Å². The van der Waals surface area contributed by atoms with E-state index >= 15 is 0 Å². The van der Waals surface area contributed by atoms with Crippen LogP contribution in [0.25, 0.3) is 11.1 Å². The third-order valence-corrected chi connectivity index (χ3v) is 3.67. The number of halogens is 2. The molecule has 94 valence electrons. The molecule has 0 spiro atoms. The fraction of sp³-hybridized carbons (Fsp3) is 0.143. The lowest BCUT2D eigenvalue weighted by Crippen LogP contribution is -2.12. The quantitative estimate of drug-likeness (QED) is 0.902. The second-order valence-electron chi connectivity index (χ2n) is 3.96. The zero-order valence-electron chi connectivity index (χ0n) is 9.61. The molecule has 0 bridgehead atoms. The summed E-state index contributed by atoms with van der Waals surface area (Å²) in [6.07, 6.45) is -0.673. The van der Waals surface area contributed by atoms with Gasteiger partial charge in [-0.2, -0.15) is 0 Å². The van der Waals surface area contributed by atoms with E-state index in [9.17, 15) is 5.11 Å². The van der Waals surface area contributed by atoms with Crippen molar-refractivity contribution in [1.82, 2.24) is 0 Å². The molecule has 0 saturated carbocycles. The van der Waals surface area contributed by atoms with E-state index in [1.54, 1.807) is 0 Å². The van der Waals surface area contributed by atoms with Crippen LogP contribution in [-0.4, -0.2) is 11.7 Å². The molecule has 1 atom stereocenters. The predicted molar refractivity (Wildman–Crippen MR) is 78.6 cm³/mol. The molecule has 2 nitrogen and oxygen atoms in total. The van der Waals surface area contributed by atoms with Gasteiger partial charge in [0.2, 0.25) is 0 Å². The average molecular weight is 327 g/mol. The first-order valence-electron chi connectivity index (χ1n) is 5.56. The molecule has 0 aliphatic carbocycles. The Bertz CT molecular complexity index is 542. The van der Waals surface area contributed by atoms with Crippen LogP contribution < -0.4 is 5.73 Å². The maximum atomic E-state index is 9.98. The summed E-state index contributed by atoms with van der Waals surface area (Å²) in [6, 6.07) is 13.2. The van der Waals surface area contributed by atoms with Gasteiger partial charge < -0.3 is 10.8 Å². The molecule has 0 saturated heterocycles. The Labute approximate surface area is 120 Å². The first kappa shape index (κ1) is 13.6. The summed E-state index contributed by atoms with van der Waals surface area (Å²) in [7, 11) is 0. The van der Waals surface area contributed by atoms with Crippen LogP contribution in [0.2, 0.25) is 5.02 Å². The molecular formula is C14H13BrClNO. The minimum absolute atomic E-state index is 0.192. The van der Waals surface area contributed by atoms with Gasteiger partial charge in [-0.15, -0.1) is 0 Å². The van der Waals surface area contributed by atoms with Crippen molar-refractivity contribution in [2.45, 2.75) is 6.10 Å². The lowest BCUT2D eigenvalue weighted by molar-refractivity contribution is 0.187. The van der Waals surface area contributed by atoms with Gasteiger partial charge in [0.05, 0.1) is 6.10 Å². The highest BCUT2D eigenvalue weighted by atomic mass is 79.9. The van der Waals surface area contributed by atoms with Crippen LogP contribution in [0, 0.1) is 0 Å². The van der Waals surface area contributed by atoms with Gasteiger partial charge in [0.25, 0.3) is 0 Å². The molecule has 4 heteroatoms. The SMILES string of the molecule is NCC(O)c1cccc(Br)c1-c1ccc(Cl)cc1. The number of benzene rings is 2. The van der Waals surface area contributed by atoms with Gasteiger partial charge >= 0.3 is 0 Å². The monoisotopic (exact) mass is 325 g/mol. The Kier molecular flexibility index (Phi) is 4.40. The molecule has 0 amide bonds. The number of rotatable bonds is 3. The van der Waals surface area contributed by atoms with Crippen molar-refractivity contribution in [3.8, 4) is 11.1 Å². The number of aliphatic hydroxyl groups excluding tert-OH is 1. The van der Waals surface area contributed by atoms with Crippen LogP contribution in [0.5, 0.6) is 0 Å². The van der Waals surface area contributed by atoms with Crippen LogP contribution in [0.3, 0.4) is 0 Å². The third kappa shape index (κ3) is 2.75. The minimum Gasteiger partial charge on any atom is -0.387 e. The van der Waals surface area contributed by atoms with Crippen LogP contribution >= 0.6 is 27.5 Å². The number of nitrogens with two attached hydrogens (primary N) is 1. The smallest absolute Gasteiger partial charge is 0.0918 e. The molecule has 18 heavy (non-hydrogen) atoms. The van der Waals surface area contributed by atoms with E-state index < -0.39 is 6.10 Å². The van der Waals surface area contributed by atoms with Gasteiger partial charge in [-0.1, -0.05) is 51.8 Å². The molecule has 0 fully saturated rings. The molecule has 0 aromatic heterocycles. The van der Waals surface area contributed by atoms with Crippen molar-refractivity contribution < 1.29 is 5.11 Å². The van der Waals surface area contributed by atoms with Crippen LogP contribution in [0.1, 0.15) is 11.7 Å². The Morgan fingerprint density at radius 1 is 1.17 bits per heavy atom. The van der Waals surface area contributed by atoms with Crippen molar-refractivity contribution in [2.75, 3.05) is 6.54 Å². The second kappa shape index (κ2) is 5.85. The summed E-state index contributed by atoms with van der Waals surface area (Å²) >= 11 is 9.40. The first-order valence-corrected chi connectivity index (χ1v) is 6.73. The van der Waals surface area contributed by atoms with Gasteiger partial charge in [-0.25, -0.2) is 0 Å². The lowest BCUT2D eigenvalue weighted by atomic mass is 9.96. The summed E-state index contributed by atoms with van der Waals surface area (Å²) in [5.41, 5.74) is 8.30. The van der Waals surface area contributed by atoms with Crippen LogP contribution in [0.15, 0.2) is 46.9 Å². The summed E-state index contributed by atoms with van der Waals surface area (Å²) in [5.74, 6) is 0. The molecule has 0 aliphatic rings. The fourth-order valence-electron chi connectivity index (χ4n) is 1.87. The van der Waals surface area contributed by atoms with Gasteiger partial charge in [-0.05, 0) is 29.3 Å². The molecule has 2 aromatic rings. The maximum absolute atomic E-state index is 9.98. The summed E-state index contributed by atoms with van der Waals surface area (Å²) in [5, 5.41) is 10.7. The number of hydrogen-bond acceptors (Lipinski definition) is 2. The van der Waals surface area contributed by atoms with E-state index in [4.69, 9.17) is 17.3 Å². The second-order valence-corrected chi connectivity index (χ2v) is 5.25. The minimum atomic E-state index is -0.673. The van der Waals surface area contributed by atoms with Crippen molar-refractivity contribution in [2.24, 2.45) is 5.73 Å². The van der Waals surface area contributed by atoms with Gasteiger partial charge in [0.15, 0.2) is 0 Å². The molecule has 0 aliphatic heterocycles. The third-order valence-electron chi connectivity index (χ3n) is 2.76. The van der Waals surface area contributed by atoms with Crippen LogP contribution in [0.4, 0.5) is 0 Å². The van der Waals surface area contributed by atoms with E-state index in [-0.39, 0.29) is 6.54 Å². The van der Waals surface area contributed by atoms with Gasteiger partial charge in [0.1, 0.15) is 0 Å². The van der Waals surface area contributed by atoms with Crippen molar-refractivity contribution >= 4 is 27.5 Å². The summed E-state index contributed by atoms with van der Waals surface area (Å²) in [6.45, 7) is 0.192. The van der Waals surface area contributed by atoms with Crippen molar-refractivity contribution in [1.29, 1.82) is 0 Å². The zero-order valence-corrected chi connectivity index (χ0v) is 11.9. The average Bonchev–Trinajstić information content (AvgIpc) is 2.39. The molecule has 1 unspecified atom stereocenters. The summed E-state index contributed by atoms with van der Waals surface area (Å²) in [4.78, 5) is 0. The lowest BCUT2D eigenvalue weighted by Gasteiger charge is -2.16. The zero-order chi connectivity index (χ0) is 13.1. The first-order chi connectivity index (χ1) is 8.63. The predicted octanol–water partition coefficient (Wildman–Crippen LogP) is 3.76. The number of hydrogen-bond donors (Lipinski definition) is 2. The summed E-state index contributed by atoms with van der Waals surface area (Å²) < 4.78 is 0.926. The topological polar surface area (TPSA) is 46.2 Å². The molecule has 0 heterocycles. The highest BCUT2D eigenvalue weighted by Crippen LogP contribution is 2.35. The fourth-order valence-corrected chi connectivity index (χ4v) is 2.60. The van der Waals surface area contributed by atoms with E-state index in [0.717, 1.165) is 21.2 Å². The molecule has 2 aromatic carbocycles. The van der Waals surface area contributed by atoms with E-state index in [1.165, 1.54) is 0 Å². The Hall–Kier alpha value is -0.870. The van der Waals surface area contributed by atoms with Crippen LogP contribution in [-0.2, 0) is 0 Å². The van der Waals surface area contributed by atoms with Crippen molar-refractivity contribution in [3.05, 3.63) is 57.5 Å².